The number of primary amides is 1. The number of anilines is 1. The summed E-state index contributed by atoms with van der Waals surface area (Å²) < 4.78 is 26.6. The minimum Gasteiger partial charge on any atom is -0.383 e. The maximum atomic E-state index is 13.4. The molecular weight excluding hydrogens is 258 g/mol. The van der Waals surface area contributed by atoms with E-state index in [-0.39, 0.29) is 11.3 Å². The van der Waals surface area contributed by atoms with Crippen LogP contribution in [0, 0.1) is 11.6 Å². The van der Waals surface area contributed by atoms with Crippen molar-refractivity contribution in [2.45, 2.75) is 12.8 Å². The first kappa shape index (κ1) is 14.8. The third-order valence-electron chi connectivity index (χ3n) is 2.41. The van der Waals surface area contributed by atoms with Crippen molar-refractivity contribution in [3.05, 3.63) is 29.3 Å². The van der Waals surface area contributed by atoms with Crippen LogP contribution in [0.4, 0.5) is 14.5 Å². The van der Waals surface area contributed by atoms with E-state index in [1.807, 2.05) is 6.26 Å². The Kier molecular flexibility index (Phi) is 5.91. The Balaban J connectivity index is 2.65. The van der Waals surface area contributed by atoms with Gasteiger partial charge in [0, 0.05) is 12.6 Å². The van der Waals surface area contributed by atoms with E-state index < -0.39 is 17.5 Å². The summed E-state index contributed by atoms with van der Waals surface area (Å²) in [5.41, 5.74) is 4.80. The predicted molar refractivity (Wildman–Crippen MR) is 71.0 cm³/mol. The molecule has 0 aliphatic rings. The number of halogens is 2. The Morgan fingerprint density at radius 3 is 2.67 bits per heavy atom. The van der Waals surface area contributed by atoms with Gasteiger partial charge in [0.05, 0.1) is 11.3 Å². The number of nitrogens with one attached hydrogen (secondary N) is 1. The molecule has 3 N–H and O–H groups in total. The molecule has 3 nitrogen and oxygen atoms in total. The lowest BCUT2D eigenvalue weighted by molar-refractivity contribution is 0.0996. The molecule has 0 bridgehead atoms. The highest BCUT2D eigenvalue weighted by molar-refractivity contribution is 7.98. The van der Waals surface area contributed by atoms with Crippen LogP contribution in [0.1, 0.15) is 23.2 Å². The second kappa shape index (κ2) is 7.20. The molecule has 0 radical (unpaired) electrons. The summed E-state index contributed by atoms with van der Waals surface area (Å²) in [7, 11) is 0. The second-order valence-corrected chi connectivity index (χ2v) is 4.79. The summed E-state index contributed by atoms with van der Waals surface area (Å²) in [6.07, 6.45) is 3.91. The van der Waals surface area contributed by atoms with Crippen LogP contribution in [0.25, 0.3) is 0 Å². The molecule has 1 amide bonds. The van der Waals surface area contributed by atoms with Gasteiger partial charge in [0.1, 0.15) is 11.6 Å². The largest absolute Gasteiger partial charge is 0.383 e. The van der Waals surface area contributed by atoms with E-state index in [0.29, 0.717) is 12.6 Å². The maximum Gasteiger partial charge on any atom is 0.251 e. The van der Waals surface area contributed by atoms with Crippen LogP contribution in [0.2, 0.25) is 0 Å². The van der Waals surface area contributed by atoms with Gasteiger partial charge in [-0.3, -0.25) is 4.79 Å². The summed E-state index contributed by atoms with van der Waals surface area (Å²) in [6.45, 7) is 0.571. The monoisotopic (exact) mass is 274 g/mol. The SMILES string of the molecule is CSCCCCNc1cc(C(N)=O)c(F)cc1F. The molecule has 0 spiro atoms. The highest BCUT2D eigenvalue weighted by Gasteiger charge is 2.13. The normalized spacial score (nSPS) is 10.4. The van der Waals surface area contributed by atoms with Gasteiger partial charge in [-0.25, -0.2) is 8.78 Å². The second-order valence-electron chi connectivity index (χ2n) is 3.80. The van der Waals surface area contributed by atoms with Crippen LogP contribution in [0.3, 0.4) is 0 Å². The van der Waals surface area contributed by atoms with Gasteiger partial charge in [-0.15, -0.1) is 0 Å². The number of hydrogen-bond acceptors (Lipinski definition) is 3. The average molecular weight is 274 g/mol. The zero-order chi connectivity index (χ0) is 13.5. The Morgan fingerprint density at radius 2 is 2.06 bits per heavy atom. The number of carbonyl (C=O) groups is 1. The van der Waals surface area contributed by atoms with Gasteiger partial charge in [-0.05, 0) is 30.9 Å². The fourth-order valence-corrected chi connectivity index (χ4v) is 1.96. The zero-order valence-electron chi connectivity index (χ0n) is 10.1. The highest BCUT2D eigenvalue weighted by atomic mass is 32.2. The lowest BCUT2D eigenvalue weighted by Crippen LogP contribution is -2.15. The van der Waals surface area contributed by atoms with Crippen molar-refractivity contribution in [2.24, 2.45) is 5.73 Å². The number of carbonyl (C=O) groups excluding carboxylic acids is 1. The molecule has 100 valence electrons. The summed E-state index contributed by atoms with van der Waals surface area (Å²) in [5.74, 6) is -1.52. The van der Waals surface area contributed by atoms with E-state index in [4.69, 9.17) is 5.73 Å². The van der Waals surface area contributed by atoms with Crippen LogP contribution in [0.15, 0.2) is 12.1 Å². The fourth-order valence-electron chi connectivity index (χ4n) is 1.47. The van der Waals surface area contributed by atoms with Gasteiger partial charge in [0.25, 0.3) is 5.91 Å². The van der Waals surface area contributed by atoms with E-state index in [2.05, 4.69) is 5.32 Å². The van der Waals surface area contributed by atoms with Crippen LogP contribution >= 0.6 is 11.8 Å². The molecule has 0 saturated heterocycles. The van der Waals surface area contributed by atoms with Crippen molar-refractivity contribution in [1.29, 1.82) is 0 Å². The smallest absolute Gasteiger partial charge is 0.251 e. The number of amides is 1. The van der Waals surface area contributed by atoms with Gasteiger partial charge in [0.2, 0.25) is 0 Å². The molecular formula is C12H16F2N2OS. The molecule has 0 aliphatic carbocycles. The molecule has 1 aromatic carbocycles. The van der Waals surface area contributed by atoms with Gasteiger partial charge in [0.15, 0.2) is 0 Å². The molecule has 0 unspecified atom stereocenters. The van der Waals surface area contributed by atoms with E-state index in [1.165, 1.54) is 0 Å². The summed E-state index contributed by atoms with van der Waals surface area (Å²) >= 11 is 1.75. The third-order valence-corrected chi connectivity index (χ3v) is 3.11. The Labute approximate surface area is 109 Å². The first-order valence-corrected chi connectivity index (χ1v) is 6.97. The Hall–Kier alpha value is -1.30. The quantitative estimate of drug-likeness (QED) is 0.751. The minimum atomic E-state index is -0.937. The van der Waals surface area contributed by atoms with E-state index in [1.54, 1.807) is 11.8 Å². The van der Waals surface area contributed by atoms with Crippen molar-refractivity contribution in [1.82, 2.24) is 0 Å². The number of thioether (sulfide) groups is 1. The van der Waals surface area contributed by atoms with Gasteiger partial charge < -0.3 is 11.1 Å². The fraction of sp³-hybridized carbons (Fsp3) is 0.417. The Morgan fingerprint density at radius 1 is 1.33 bits per heavy atom. The standard InChI is InChI=1S/C12H16F2N2OS/c1-18-5-3-2-4-16-11-6-8(12(15)17)9(13)7-10(11)14/h6-7,16H,2-5H2,1H3,(H2,15,17). The van der Waals surface area contributed by atoms with Crippen molar-refractivity contribution in [3.8, 4) is 0 Å². The molecule has 0 heterocycles. The molecule has 0 saturated carbocycles. The molecule has 6 heteroatoms. The minimum absolute atomic E-state index is 0.106. The van der Waals surface area contributed by atoms with Crippen LogP contribution < -0.4 is 11.1 Å². The lowest BCUT2D eigenvalue weighted by atomic mass is 10.1. The third kappa shape index (κ3) is 4.18. The summed E-state index contributed by atoms with van der Waals surface area (Å²) in [5, 5.41) is 2.84. The van der Waals surface area contributed by atoms with Gasteiger partial charge in [-0.1, -0.05) is 0 Å². The van der Waals surface area contributed by atoms with Gasteiger partial charge >= 0.3 is 0 Å². The number of rotatable bonds is 7. The van der Waals surface area contributed by atoms with E-state index >= 15 is 0 Å². The molecule has 0 aromatic heterocycles. The first-order chi connectivity index (χ1) is 8.56. The number of unbranched alkanes of at least 4 members (excludes halogenated alkanes) is 1. The first-order valence-electron chi connectivity index (χ1n) is 5.58. The number of benzene rings is 1. The van der Waals surface area contributed by atoms with Crippen molar-refractivity contribution in [2.75, 3.05) is 23.9 Å². The predicted octanol–water partition coefficient (Wildman–Crippen LogP) is 2.62. The topological polar surface area (TPSA) is 55.1 Å². The average Bonchev–Trinajstić information content (AvgIpc) is 2.30. The van der Waals surface area contributed by atoms with Gasteiger partial charge in [-0.2, -0.15) is 11.8 Å². The summed E-state index contributed by atoms with van der Waals surface area (Å²) in [6, 6.07) is 1.78. The van der Waals surface area contributed by atoms with Crippen molar-refractivity contribution < 1.29 is 13.6 Å². The van der Waals surface area contributed by atoms with Crippen molar-refractivity contribution >= 4 is 23.4 Å². The molecule has 0 aliphatic heterocycles. The van der Waals surface area contributed by atoms with Crippen LogP contribution in [-0.2, 0) is 0 Å². The molecule has 18 heavy (non-hydrogen) atoms. The highest BCUT2D eigenvalue weighted by Crippen LogP contribution is 2.19. The molecule has 0 atom stereocenters. The Bertz CT molecular complexity index is 427. The van der Waals surface area contributed by atoms with E-state index in [9.17, 15) is 13.6 Å². The molecule has 1 rings (SSSR count). The molecule has 0 fully saturated rings. The van der Waals surface area contributed by atoms with E-state index in [0.717, 1.165) is 24.7 Å². The van der Waals surface area contributed by atoms with Crippen LogP contribution in [-0.4, -0.2) is 24.5 Å². The lowest BCUT2D eigenvalue weighted by Gasteiger charge is -2.09. The van der Waals surface area contributed by atoms with Crippen molar-refractivity contribution in [3.63, 3.8) is 0 Å². The maximum absolute atomic E-state index is 13.4. The van der Waals surface area contributed by atoms with Crippen LogP contribution in [0.5, 0.6) is 0 Å². The zero-order valence-corrected chi connectivity index (χ0v) is 10.9. The number of hydrogen-bond donors (Lipinski definition) is 2. The molecule has 1 aromatic rings. The number of nitrogens with two attached hydrogens (primary N) is 1. The summed E-state index contributed by atoms with van der Waals surface area (Å²) in [4.78, 5) is 10.9.